The van der Waals surface area contributed by atoms with Gasteiger partial charge in [0.2, 0.25) is 0 Å². The van der Waals surface area contributed by atoms with Crippen LogP contribution in [0.3, 0.4) is 0 Å². The number of hydrogen-bond acceptors (Lipinski definition) is 0. The first kappa shape index (κ1) is 24.3. The summed E-state index contributed by atoms with van der Waals surface area (Å²) in [5.41, 5.74) is 15.3. The molecule has 188 valence electrons. The molecule has 1 heteroatoms. The van der Waals surface area contributed by atoms with Crippen LogP contribution in [0, 0.1) is 5.41 Å². The van der Waals surface area contributed by atoms with Crippen LogP contribution in [0.2, 0.25) is 9.36 Å². The summed E-state index contributed by atoms with van der Waals surface area (Å²) >= 11 is -3.01. The molecule has 2 unspecified atom stereocenters. The summed E-state index contributed by atoms with van der Waals surface area (Å²) in [6.45, 7) is 4.88. The van der Waals surface area contributed by atoms with Gasteiger partial charge in [-0.15, -0.1) is 0 Å². The van der Waals surface area contributed by atoms with Crippen LogP contribution in [0.15, 0.2) is 108 Å². The number of rotatable bonds is 4. The van der Waals surface area contributed by atoms with E-state index in [1.54, 1.807) is 22.3 Å². The molecule has 38 heavy (non-hydrogen) atoms. The molecule has 2 atom stereocenters. The molecule has 0 bridgehead atoms. The number of hydrogen-bond donors (Lipinski definition) is 0. The quantitative estimate of drug-likeness (QED) is 0.191. The van der Waals surface area contributed by atoms with Crippen molar-refractivity contribution in [1.82, 2.24) is 0 Å². The Morgan fingerprint density at radius 3 is 1.37 bits per heavy atom. The Morgan fingerprint density at radius 2 is 0.974 bits per heavy atom. The van der Waals surface area contributed by atoms with E-state index >= 15 is 0 Å². The standard InChI is InChI=1S/C35H30.2CH3.Hf/c1-3-35(4-2,29-21-27-17-11-19-31(33(27)23-29)25-13-7-5-8-14-25)30-22-28-18-12-20-32(34(28)24-30)26-15-9-6-10-16-26;;;/h5-24H,3-4H2,1-2H3;2*1H3;. The van der Waals surface area contributed by atoms with Crippen LogP contribution >= 0.6 is 0 Å². The van der Waals surface area contributed by atoms with Gasteiger partial charge in [0.05, 0.1) is 0 Å². The first-order chi connectivity index (χ1) is 18.5. The number of fused-ring (bicyclic) bond motifs is 6. The Kier molecular flexibility index (Phi) is 5.68. The van der Waals surface area contributed by atoms with Crippen molar-refractivity contribution in [2.24, 2.45) is 5.41 Å². The SMILES string of the molecule is CCC1(CC)C2=Cc3c(-c4ccccc4)cccc3[CH]2[Hf]([CH3])([CH3])[CH]2C1=Cc1c(-c3ccccc3)cccc12. The predicted octanol–water partition coefficient (Wildman–Crippen LogP) is 10.7. The van der Waals surface area contributed by atoms with Crippen molar-refractivity contribution in [2.45, 2.75) is 43.4 Å². The molecule has 1 saturated heterocycles. The summed E-state index contributed by atoms with van der Waals surface area (Å²) in [6.07, 6.45) is 7.66. The Labute approximate surface area is 232 Å². The van der Waals surface area contributed by atoms with Crippen molar-refractivity contribution in [3.8, 4) is 22.3 Å². The van der Waals surface area contributed by atoms with E-state index in [0.717, 1.165) is 0 Å². The Balaban J connectivity index is 1.48. The molecule has 0 saturated carbocycles. The molecule has 0 nitrogen and oxygen atoms in total. The van der Waals surface area contributed by atoms with Crippen molar-refractivity contribution in [2.75, 3.05) is 0 Å². The third kappa shape index (κ3) is 3.24. The molecule has 3 aliphatic rings. The van der Waals surface area contributed by atoms with Crippen molar-refractivity contribution < 1.29 is 20.0 Å². The van der Waals surface area contributed by atoms with Crippen LogP contribution in [0.25, 0.3) is 34.4 Å². The van der Waals surface area contributed by atoms with Gasteiger partial charge in [-0.05, 0) is 0 Å². The Morgan fingerprint density at radius 1 is 0.553 bits per heavy atom. The fraction of sp³-hybridized carbons (Fsp3) is 0.243. The predicted molar refractivity (Wildman–Crippen MR) is 160 cm³/mol. The zero-order chi connectivity index (χ0) is 26.1. The van der Waals surface area contributed by atoms with E-state index in [2.05, 4.69) is 132 Å². The van der Waals surface area contributed by atoms with E-state index in [9.17, 15) is 0 Å². The van der Waals surface area contributed by atoms with Crippen LogP contribution in [0.4, 0.5) is 0 Å². The van der Waals surface area contributed by atoms with Gasteiger partial charge in [0.25, 0.3) is 0 Å². The fourth-order valence-corrected chi connectivity index (χ4v) is 25.5. The summed E-state index contributed by atoms with van der Waals surface area (Å²) in [6, 6.07) is 36.3. The van der Waals surface area contributed by atoms with Crippen LogP contribution < -0.4 is 0 Å². The van der Waals surface area contributed by atoms with E-state index in [-0.39, 0.29) is 5.41 Å². The van der Waals surface area contributed by atoms with Crippen LogP contribution in [-0.4, -0.2) is 0 Å². The first-order valence-corrected chi connectivity index (χ1v) is 25.7. The molecule has 0 radical (unpaired) electrons. The van der Waals surface area contributed by atoms with Gasteiger partial charge in [-0.25, -0.2) is 0 Å². The van der Waals surface area contributed by atoms with Crippen molar-refractivity contribution in [1.29, 1.82) is 0 Å². The third-order valence-electron chi connectivity index (χ3n) is 10.1. The van der Waals surface area contributed by atoms with Crippen LogP contribution in [0.1, 0.15) is 56.3 Å². The Bertz CT molecular complexity index is 1480. The molecule has 0 spiro atoms. The van der Waals surface area contributed by atoms with Gasteiger partial charge in [-0.1, -0.05) is 0 Å². The van der Waals surface area contributed by atoms with Gasteiger partial charge in [0, 0.05) is 0 Å². The molecule has 1 heterocycles. The van der Waals surface area contributed by atoms with E-state index in [1.165, 1.54) is 46.2 Å². The molecule has 0 N–H and O–H groups in total. The van der Waals surface area contributed by atoms with Crippen LogP contribution in [0.5, 0.6) is 0 Å². The molecule has 7 rings (SSSR count). The van der Waals surface area contributed by atoms with Gasteiger partial charge in [0.15, 0.2) is 0 Å². The summed E-state index contributed by atoms with van der Waals surface area (Å²) in [5.74, 6) is 0. The maximum atomic E-state index is 2.76. The zero-order valence-electron chi connectivity index (χ0n) is 23.0. The molecule has 4 aromatic rings. The summed E-state index contributed by atoms with van der Waals surface area (Å²) in [4.78, 5) is 0. The van der Waals surface area contributed by atoms with Crippen molar-refractivity contribution in [3.63, 3.8) is 0 Å². The zero-order valence-corrected chi connectivity index (χ0v) is 26.6. The summed E-state index contributed by atoms with van der Waals surface area (Å²) < 4.78 is 6.78. The van der Waals surface area contributed by atoms with Crippen LogP contribution in [-0.2, 0) is 20.0 Å². The second-order valence-electron chi connectivity index (χ2n) is 12.0. The van der Waals surface area contributed by atoms with E-state index in [4.69, 9.17) is 0 Å². The molecule has 4 aromatic carbocycles. The molecular weight excluding hydrogens is 623 g/mol. The maximum absolute atomic E-state index is 3.01. The second kappa shape index (κ2) is 8.88. The van der Waals surface area contributed by atoms with Gasteiger partial charge >= 0.3 is 234 Å². The fourth-order valence-electron chi connectivity index (χ4n) is 8.38. The topological polar surface area (TPSA) is 0 Å². The number of benzene rings is 4. The molecule has 0 amide bonds. The molecule has 1 fully saturated rings. The monoisotopic (exact) mass is 660 g/mol. The van der Waals surface area contributed by atoms with Gasteiger partial charge < -0.3 is 0 Å². The molecule has 2 aliphatic carbocycles. The Hall–Kier alpha value is -2.77. The minimum atomic E-state index is -3.01. The third-order valence-corrected chi connectivity index (χ3v) is 25.3. The average Bonchev–Trinajstić information content (AvgIpc) is 3.56. The summed E-state index contributed by atoms with van der Waals surface area (Å²) in [7, 11) is 0. The summed E-state index contributed by atoms with van der Waals surface area (Å²) in [5, 5.41) is 0. The second-order valence-corrected chi connectivity index (χ2v) is 29.3. The molecular formula is C37H36Hf. The van der Waals surface area contributed by atoms with Gasteiger partial charge in [0.1, 0.15) is 0 Å². The molecule has 0 aromatic heterocycles. The van der Waals surface area contributed by atoms with Crippen molar-refractivity contribution in [3.05, 3.63) is 130 Å². The van der Waals surface area contributed by atoms with E-state index in [0.29, 0.717) is 7.35 Å². The average molecular weight is 659 g/mol. The molecule has 1 aliphatic heterocycles. The minimum absolute atomic E-state index is 0.130. The normalized spacial score (nSPS) is 21.6. The van der Waals surface area contributed by atoms with E-state index in [1.807, 2.05) is 0 Å². The first-order valence-electron chi connectivity index (χ1n) is 14.3. The van der Waals surface area contributed by atoms with Crippen molar-refractivity contribution >= 4 is 12.2 Å². The number of allylic oxidation sites excluding steroid dienone is 2. The van der Waals surface area contributed by atoms with E-state index < -0.39 is 20.0 Å². The van der Waals surface area contributed by atoms with Gasteiger partial charge in [-0.3, -0.25) is 0 Å². The van der Waals surface area contributed by atoms with Gasteiger partial charge in [-0.2, -0.15) is 0 Å².